The summed E-state index contributed by atoms with van der Waals surface area (Å²) >= 11 is 6.06. The van der Waals surface area contributed by atoms with Gasteiger partial charge >= 0.3 is 0 Å². The van der Waals surface area contributed by atoms with Gasteiger partial charge in [-0.1, -0.05) is 17.7 Å². The van der Waals surface area contributed by atoms with E-state index in [9.17, 15) is 25.0 Å². The molecule has 2 aromatic carbocycles. The van der Waals surface area contributed by atoms with E-state index < -0.39 is 9.85 Å². The van der Waals surface area contributed by atoms with Gasteiger partial charge in [0.1, 0.15) is 0 Å². The molecule has 1 amide bonds. The lowest BCUT2D eigenvalue weighted by molar-refractivity contribution is -0.385. The van der Waals surface area contributed by atoms with Crippen LogP contribution in [-0.4, -0.2) is 34.2 Å². The van der Waals surface area contributed by atoms with Gasteiger partial charge in [0.2, 0.25) is 5.91 Å². The first-order chi connectivity index (χ1) is 12.7. The number of amides is 1. The second-order valence-electron chi connectivity index (χ2n) is 6.01. The average molecular weight is 393 g/mol. The number of aryl methyl sites for hydroxylation is 1. The fourth-order valence-corrected chi connectivity index (χ4v) is 2.65. The standard InChI is InChI=1S/C17H17ClN4O5/c1-11-3-4-13(8-16(11)22(26)27)19-17(23)10-20(2)9-12-7-14(21(24)25)5-6-15(12)18/h3-8H,9-10H2,1-2H3,(H,19,23). The van der Waals surface area contributed by atoms with Crippen LogP contribution >= 0.6 is 11.6 Å². The maximum absolute atomic E-state index is 12.2. The van der Waals surface area contributed by atoms with Crippen LogP contribution < -0.4 is 5.32 Å². The molecule has 10 heteroatoms. The van der Waals surface area contributed by atoms with Gasteiger partial charge in [0.05, 0.1) is 16.4 Å². The summed E-state index contributed by atoms with van der Waals surface area (Å²) in [5.74, 6) is -0.378. The third kappa shape index (κ3) is 5.47. The maximum atomic E-state index is 12.2. The van der Waals surface area contributed by atoms with Crippen LogP contribution in [0, 0.1) is 27.2 Å². The van der Waals surface area contributed by atoms with Crippen LogP contribution in [0.25, 0.3) is 0 Å². The predicted octanol–water partition coefficient (Wildman–Crippen LogP) is 3.54. The zero-order valence-electron chi connectivity index (χ0n) is 14.6. The van der Waals surface area contributed by atoms with Crippen LogP contribution in [0.1, 0.15) is 11.1 Å². The molecule has 0 aliphatic carbocycles. The lowest BCUT2D eigenvalue weighted by Crippen LogP contribution is -2.30. The molecule has 2 aromatic rings. The SMILES string of the molecule is Cc1ccc(NC(=O)CN(C)Cc2cc([N+](=O)[O-])ccc2Cl)cc1[N+](=O)[O-]. The number of nitro benzene ring substituents is 2. The van der Waals surface area contributed by atoms with E-state index in [0.717, 1.165) is 0 Å². The van der Waals surface area contributed by atoms with Crippen LogP contribution in [0.5, 0.6) is 0 Å². The number of likely N-dealkylation sites (N-methyl/N-ethyl adjacent to an activating group) is 1. The maximum Gasteiger partial charge on any atom is 0.274 e. The molecule has 0 heterocycles. The Balaban J connectivity index is 2.02. The molecule has 2 rings (SSSR count). The van der Waals surface area contributed by atoms with E-state index in [0.29, 0.717) is 21.8 Å². The molecular formula is C17H17ClN4O5. The van der Waals surface area contributed by atoms with Gasteiger partial charge in [0.15, 0.2) is 0 Å². The summed E-state index contributed by atoms with van der Waals surface area (Å²) in [5.41, 5.74) is 1.17. The average Bonchev–Trinajstić information content (AvgIpc) is 2.57. The zero-order chi connectivity index (χ0) is 20.1. The normalized spacial score (nSPS) is 10.7. The number of halogens is 1. The van der Waals surface area contributed by atoms with Crippen LogP contribution in [0.3, 0.4) is 0 Å². The first-order valence-electron chi connectivity index (χ1n) is 7.83. The molecule has 0 fully saturated rings. The van der Waals surface area contributed by atoms with E-state index in [2.05, 4.69) is 5.32 Å². The van der Waals surface area contributed by atoms with Crippen molar-refractivity contribution < 1.29 is 14.6 Å². The van der Waals surface area contributed by atoms with Crippen molar-refractivity contribution in [2.45, 2.75) is 13.5 Å². The fourth-order valence-electron chi connectivity index (χ4n) is 2.47. The Labute approximate surface area is 159 Å². The minimum Gasteiger partial charge on any atom is -0.325 e. The van der Waals surface area contributed by atoms with Gasteiger partial charge in [0.25, 0.3) is 11.4 Å². The van der Waals surface area contributed by atoms with Gasteiger partial charge in [-0.25, -0.2) is 0 Å². The molecule has 142 valence electrons. The molecule has 9 nitrogen and oxygen atoms in total. The molecular weight excluding hydrogens is 376 g/mol. The van der Waals surface area contributed by atoms with Gasteiger partial charge in [0, 0.05) is 41.0 Å². The molecule has 0 saturated heterocycles. The van der Waals surface area contributed by atoms with E-state index in [-0.39, 0.29) is 30.4 Å². The van der Waals surface area contributed by atoms with E-state index in [1.807, 2.05) is 0 Å². The number of benzene rings is 2. The number of hydrogen-bond acceptors (Lipinski definition) is 6. The number of nitrogens with zero attached hydrogens (tertiary/aromatic N) is 3. The Hall–Kier alpha value is -3.04. The van der Waals surface area contributed by atoms with Gasteiger partial charge < -0.3 is 5.32 Å². The highest BCUT2D eigenvalue weighted by atomic mass is 35.5. The summed E-state index contributed by atoms with van der Waals surface area (Å²) in [6, 6.07) is 8.54. The number of carbonyl (C=O) groups is 1. The van der Waals surface area contributed by atoms with Crippen molar-refractivity contribution in [3.63, 3.8) is 0 Å². The Bertz CT molecular complexity index is 903. The number of anilines is 1. The number of nitrogens with one attached hydrogen (secondary N) is 1. The third-order valence-electron chi connectivity index (χ3n) is 3.78. The van der Waals surface area contributed by atoms with Gasteiger partial charge in [-0.05, 0) is 31.7 Å². The molecule has 0 radical (unpaired) electrons. The molecule has 0 aromatic heterocycles. The Morgan fingerprint density at radius 2 is 1.85 bits per heavy atom. The highest BCUT2D eigenvalue weighted by molar-refractivity contribution is 6.31. The summed E-state index contributed by atoms with van der Waals surface area (Å²) in [6.45, 7) is 1.81. The summed E-state index contributed by atoms with van der Waals surface area (Å²) in [7, 11) is 1.66. The number of rotatable bonds is 7. The summed E-state index contributed by atoms with van der Waals surface area (Å²) < 4.78 is 0. The fraction of sp³-hybridized carbons (Fsp3) is 0.235. The Morgan fingerprint density at radius 1 is 1.15 bits per heavy atom. The smallest absolute Gasteiger partial charge is 0.274 e. The highest BCUT2D eigenvalue weighted by Crippen LogP contribution is 2.24. The lowest BCUT2D eigenvalue weighted by atomic mass is 10.2. The van der Waals surface area contributed by atoms with Crippen molar-refractivity contribution in [2.24, 2.45) is 0 Å². The minimum absolute atomic E-state index is 0.0271. The van der Waals surface area contributed by atoms with Crippen LogP contribution in [0.4, 0.5) is 17.1 Å². The molecule has 0 unspecified atom stereocenters. The number of non-ortho nitro benzene ring substituents is 1. The minimum atomic E-state index is -0.517. The number of hydrogen-bond donors (Lipinski definition) is 1. The summed E-state index contributed by atoms with van der Waals surface area (Å²) in [4.78, 5) is 34.6. The monoisotopic (exact) mass is 392 g/mol. The molecule has 0 aliphatic rings. The zero-order valence-corrected chi connectivity index (χ0v) is 15.4. The largest absolute Gasteiger partial charge is 0.325 e. The van der Waals surface area contributed by atoms with E-state index in [1.165, 1.54) is 24.3 Å². The highest BCUT2D eigenvalue weighted by Gasteiger charge is 2.15. The van der Waals surface area contributed by atoms with E-state index in [4.69, 9.17) is 11.6 Å². The van der Waals surface area contributed by atoms with E-state index in [1.54, 1.807) is 31.0 Å². The van der Waals surface area contributed by atoms with Crippen LogP contribution in [0.15, 0.2) is 36.4 Å². The van der Waals surface area contributed by atoms with Crippen molar-refractivity contribution in [3.05, 3.63) is 72.8 Å². The van der Waals surface area contributed by atoms with Crippen molar-refractivity contribution in [1.82, 2.24) is 4.90 Å². The number of nitro groups is 2. The first kappa shape index (κ1) is 20.3. The molecule has 27 heavy (non-hydrogen) atoms. The Morgan fingerprint density at radius 3 is 2.48 bits per heavy atom. The van der Waals surface area contributed by atoms with Crippen LogP contribution in [-0.2, 0) is 11.3 Å². The van der Waals surface area contributed by atoms with Crippen molar-refractivity contribution in [1.29, 1.82) is 0 Å². The lowest BCUT2D eigenvalue weighted by Gasteiger charge is -2.17. The van der Waals surface area contributed by atoms with Crippen LogP contribution in [0.2, 0.25) is 5.02 Å². The molecule has 0 bridgehead atoms. The van der Waals surface area contributed by atoms with Gasteiger partial charge in [-0.2, -0.15) is 0 Å². The third-order valence-corrected chi connectivity index (χ3v) is 4.15. The van der Waals surface area contributed by atoms with Crippen molar-refractivity contribution >= 4 is 34.6 Å². The molecule has 0 aliphatic heterocycles. The summed E-state index contributed by atoms with van der Waals surface area (Å²) in [5, 5.41) is 24.8. The second kappa shape index (κ2) is 8.56. The van der Waals surface area contributed by atoms with Crippen molar-refractivity contribution in [3.8, 4) is 0 Å². The summed E-state index contributed by atoms with van der Waals surface area (Å²) in [6.07, 6.45) is 0. The van der Waals surface area contributed by atoms with Gasteiger partial charge in [-0.15, -0.1) is 0 Å². The predicted molar refractivity (Wildman–Crippen MR) is 101 cm³/mol. The first-order valence-corrected chi connectivity index (χ1v) is 8.21. The quantitative estimate of drug-likeness (QED) is 0.568. The molecule has 0 atom stereocenters. The Kier molecular flexibility index (Phi) is 6.43. The molecule has 0 spiro atoms. The van der Waals surface area contributed by atoms with Crippen molar-refractivity contribution in [2.75, 3.05) is 18.9 Å². The second-order valence-corrected chi connectivity index (χ2v) is 6.42. The topological polar surface area (TPSA) is 119 Å². The number of carbonyl (C=O) groups excluding carboxylic acids is 1. The van der Waals surface area contributed by atoms with Gasteiger partial charge in [-0.3, -0.25) is 29.9 Å². The van der Waals surface area contributed by atoms with E-state index >= 15 is 0 Å². The molecule has 1 N–H and O–H groups in total. The molecule has 0 saturated carbocycles.